The van der Waals surface area contributed by atoms with Crippen molar-refractivity contribution in [3.8, 4) is 11.1 Å². The summed E-state index contributed by atoms with van der Waals surface area (Å²) < 4.78 is 0. The van der Waals surface area contributed by atoms with E-state index in [1.54, 1.807) is 0 Å². The Balaban J connectivity index is 1.99. The fourth-order valence-electron chi connectivity index (χ4n) is 3.60. The molecule has 0 bridgehead atoms. The zero-order chi connectivity index (χ0) is 16.6. The van der Waals surface area contributed by atoms with Gasteiger partial charge >= 0.3 is 6.09 Å². The van der Waals surface area contributed by atoms with Gasteiger partial charge in [0.1, 0.15) is 0 Å². The summed E-state index contributed by atoms with van der Waals surface area (Å²) in [5, 5.41) is 11.8. The molecule has 2 N–H and O–H groups in total. The van der Waals surface area contributed by atoms with E-state index in [-0.39, 0.29) is 11.5 Å². The first kappa shape index (κ1) is 15.6. The highest BCUT2D eigenvalue weighted by molar-refractivity contribution is 5.69. The van der Waals surface area contributed by atoms with Crippen LogP contribution >= 0.6 is 0 Å². The first-order valence-corrected chi connectivity index (χ1v) is 8.12. The zero-order valence-electron chi connectivity index (χ0n) is 13.9. The molecule has 2 aromatic carbocycles. The van der Waals surface area contributed by atoms with Gasteiger partial charge in [-0.1, -0.05) is 63.2 Å². The number of hydrogen-bond acceptors (Lipinski definition) is 1. The summed E-state index contributed by atoms with van der Waals surface area (Å²) in [6.45, 7) is 6.39. The Hall–Kier alpha value is -2.29. The fraction of sp³-hybridized carbons (Fsp3) is 0.350. The maximum atomic E-state index is 11.1. The third-order valence-electron chi connectivity index (χ3n) is 4.82. The number of aryl methyl sites for hydroxylation is 1. The molecule has 0 saturated carbocycles. The molecule has 1 aliphatic rings. The van der Waals surface area contributed by atoms with E-state index in [2.05, 4.69) is 68.6 Å². The van der Waals surface area contributed by atoms with Crippen molar-refractivity contribution in [3.05, 3.63) is 59.2 Å². The minimum Gasteiger partial charge on any atom is -0.465 e. The summed E-state index contributed by atoms with van der Waals surface area (Å²) in [7, 11) is 0. The predicted molar refractivity (Wildman–Crippen MR) is 92.6 cm³/mol. The summed E-state index contributed by atoms with van der Waals surface area (Å²) in [5.74, 6) is 0. The Kier molecular flexibility index (Phi) is 3.88. The maximum Gasteiger partial charge on any atom is 0.405 e. The van der Waals surface area contributed by atoms with Crippen LogP contribution in [0.5, 0.6) is 0 Å². The Morgan fingerprint density at radius 2 is 1.96 bits per heavy atom. The zero-order valence-corrected chi connectivity index (χ0v) is 13.9. The van der Waals surface area contributed by atoms with Crippen LogP contribution in [0.3, 0.4) is 0 Å². The van der Waals surface area contributed by atoms with Gasteiger partial charge in [0, 0.05) is 0 Å². The topological polar surface area (TPSA) is 49.3 Å². The number of nitrogens with one attached hydrogen (secondary N) is 1. The average Bonchev–Trinajstić information content (AvgIpc) is 2.76. The summed E-state index contributed by atoms with van der Waals surface area (Å²) in [4.78, 5) is 11.1. The smallest absolute Gasteiger partial charge is 0.405 e. The van der Waals surface area contributed by atoms with Crippen LogP contribution in [0.4, 0.5) is 4.79 Å². The molecular weight excluding hydrogens is 286 g/mol. The van der Waals surface area contributed by atoms with Crippen LogP contribution in [0.15, 0.2) is 42.5 Å². The normalized spacial score (nSPS) is 18.5. The standard InChI is InChI=1S/C20H23NO2/c1-4-13-6-5-7-14(10-13)15-8-9-17-16(11-15)12-20(2,3)18(17)21-19(22)23/h5-11,18,21H,4,12H2,1-3H3,(H,22,23). The first-order valence-electron chi connectivity index (χ1n) is 8.12. The monoisotopic (exact) mass is 309 g/mol. The minimum atomic E-state index is -0.962. The molecule has 0 fully saturated rings. The van der Waals surface area contributed by atoms with Crippen molar-refractivity contribution in [1.82, 2.24) is 5.32 Å². The quantitative estimate of drug-likeness (QED) is 0.855. The van der Waals surface area contributed by atoms with Gasteiger partial charge in [-0.05, 0) is 46.1 Å². The van der Waals surface area contributed by atoms with Crippen molar-refractivity contribution in [3.63, 3.8) is 0 Å². The van der Waals surface area contributed by atoms with E-state index in [0.29, 0.717) is 0 Å². The van der Waals surface area contributed by atoms with Crippen molar-refractivity contribution in [2.24, 2.45) is 5.41 Å². The molecule has 1 unspecified atom stereocenters. The highest BCUT2D eigenvalue weighted by Crippen LogP contribution is 2.46. The maximum absolute atomic E-state index is 11.1. The van der Waals surface area contributed by atoms with Crippen LogP contribution in [-0.2, 0) is 12.8 Å². The van der Waals surface area contributed by atoms with E-state index in [0.717, 1.165) is 18.4 Å². The number of benzene rings is 2. The molecule has 1 aliphatic carbocycles. The highest BCUT2D eigenvalue weighted by atomic mass is 16.4. The van der Waals surface area contributed by atoms with Gasteiger partial charge in [-0.15, -0.1) is 0 Å². The molecule has 0 aliphatic heterocycles. The van der Waals surface area contributed by atoms with Crippen molar-refractivity contribution in [2.45, 2.75) is 39.7 Å². The molecule has 1 amide bonds. The second kappa shape index (κ2) is 5.73. The van der Waals surface area contributed by atoms with Gasteiger partial charge in [-0.25, -0.2) is 4.79 Å². The van der Waals surface area contributed by atoms with Gasteiger partial charge in [-0.2, -0.15) is 0 Å². The van der Waals surface area contributed by atoms with E-state index in [4.69, 9.17) is 5.11 Å². The van der Waals surface area contributed by atoms with Crippen LogP contribution in [0.1, 0.15) is 43.5 Å². The molecule has 0 heterocycles. The van der Waals surface area contributed by atoms with E-state index < -0.39 is 6.09 Å². The summed E-state index contributed by atoms with van der Waals surface area (Å²) >= 11 is 0. The molecular formula is C20H23NO2. The average molecular weight is 309 g/mol. The van der Waals surface area contributed by atoms with Gasteiger partial charge in [-0.3, -0.25) is 0 Å². The molecule has 0 aromatic heterocycles. The van der Waals surface area contributed by atoms with Crippen LogP contribution in [0, 0.1) is 5.41 Å². The Bertz CT molecular complexity index is 749. The Morgan fingerprint density at radius 1 is 1.22 bits per heavy atom. The van der Waals surface area contributed by atoms with E-state index >= 15 is 0 Å². The largest absolute Gasteiger partial charge is 0.465 e. The minimum absolute atomic E-state index is 0.107. The van der Waals surface area contributed by atoms with Crippen LogP contribution in [0.25, 0.3) is 11.1 Å². The molecule has 3 nitrogen and oxygen atoms in total. The third kappa shape index (κ3) is 2.96. The number of carboxylic acid groups (broad SMARTS) is 1. The predicted octanol–water partition coefficient (Wildman–Crippen LogP) is 4.81. The number of hydrogen-bond donors (Lipinski definition) is 2. The van der Waals surface area contributed by atoms with Crippen molar-refractivity contribution in [1.29, 1.82) is 0 Å². The summed E-state index contributed by atoms with van der Waals surface area (Å²) in [6, 6.07) is 14.9. The third-order valence-corrected chi connectivity index (χ3v) is 4.82. The lowest BCUT2D eigenvalue weighted by molar-refractivity contribution is 0.175. The van der Waals surface area contributed by atoms with Gasteiger partial charge < -0.3 is 10.4 Å². The molecule has 23 heavy (non-hydrogen) atoms. The first-order chi connectivity index (χ1) is 10.9. The second-order valence-corrected chi connectivity index (χ2v) is 7.02. The molecule has 3 heteroatoms. The molecule has 0 saturated heterocycles. The Labute approximate surface area is 137 Å². The van der Waals surface area contributed by atoms with Gasteiger partial charge in [0.2, 0.25) is 0 Å². The van der Waals surface area contributed by atoms with E-state index in [1.165, 1.54) is 22.3 Å². The number of carbonyl (C=O) groups is 1. The fourth-order valence-corrected chi connectivity index (χ4v) is 3.60. The van der Waals surface area contributed by atoms with Crippen LogP contribution in [0.2, 0.25) is 0 Å². The lowest BCUT2D eigenvalue weighted by atomic mass is 9.85. The van der Waals surface area contributed by atoms with Gasteiger partial charge in [0.15, 0.2) is 0 Å². The van der Waals surface area contributed by atoms with Crippen LogP contribution < -0.4 is 5.32 Å². The molecule has 1 atom stereocenters. The molecule has 3 rings (SSSR count). The summed E-state index contributed by atoms with van der Waals surface area (Å²) in [6.07, 6.45) is 0.945. The van der Waals surface area contributed by atoms with Crippen molar-refractivity contribution >= 4 is 6.09 Å². The highest BCUT2D eigenvalue weighted by Gasteiger charge is 2.39. The van der Waals surface area contributed by atoms with Gasteiger partial charge in [0.25, 0.3) is 0 Å². The van der Waals surface area contributed by atoms with Crippen LogP contribution in [-0.4, -0.2) is 11.2 Å². The molecule has 2 aromatic rings. The van der Waals surface area contributed by atoms with E-state index in [9.17, 15) is 4.79 Å². The van der Waals surface area contributed by atoms with Crippen molar-refractivity contribution < 1.29 is 9.90 Å². The SMILES string of the molecule is CCc1cccc(-c2ccc3c(c2)CC(C)(C)C3NC(=O)O)c1. The molecule has 0 radical (unpaired) electrons. The Morgan fingerprint density at radius 3 is 2.65 bits per heavy atom. The lowest BCUT2D eigenvalue weighted by Crippen LogP contribution is -2.34. The van der Waals surface area contributed by atoms with Gasteiger partial charge in [0.05, 0.1) is 6.04 Å². The number of fused-ring (bicyclic) bond motifs is 1. The molecule has 0 spiro atoms. The number of rotatable bonds is 3. The second-order valence-electron chi connectivity index (χ2n) is 7.02. The van der Waals surface area contributed by atoms with E-state index in [1.807, 2.05) is 0 Å². The molecule has 120 valence electrons. The summed E-state index contributed by atoms with van der Waals surface area (Å²) in [5.41, 5.74) is 5.99. The number of amides is 1. The lowest BCUT2D eigenvalue weighted by Gasteiger charge is -2.27. The van der Waals surface area contributed by atoms with Crippen molar-refractivity contribution in [2.75, 3.05) is 0 Å².